The Hall–Kier alpha value is -0.590. The Morgan fingerprint density at radius 2 is 2.35 bits per heavy atom. The molecule has 23 heavy (non-hydrogen) atoms. The van der Waals surface area contributed by atoms with Crippen molar-refractivity contribution >= 4 is 35.4 Å². The number of carboxylic acid groups (broad SMARTS) is 1. The van der Waals surface area contributed by atoms with E-state index in [0.717, 1.165) is 4.91 Å². The number of hydrogen-bond acceptors (Lipinski definition) is 9. The molecule has 3 atom stereocenters. The van der Waals surface area contributed by atoms with Gasteiger partial charge in [0.2, 0.25) is 11.1 Å². The Labute approximate surface area is 161 Å². The number of β-lactam (4-membered cyclic amide) rings is 1. The number of rotatable bonds is 4. The smallest absolute Gasteiger partial charge is 0.548 e. The van der Waals surface area contributed by atoms with E-state index < -0.39 is 12.0 Å². The van der Waals surface area contributed by atoms with Gasteiger partial charge in [-0.1, -0.05) is 11.8 Å². The van der Waals surface area contributed by atoms with Crippen LogP contribution in [0.15, 0.2) is 15.6 Å². The molecule has 0 radical (unpaired) electrons. The number of amides is 1. The van der Waals surface area contributed by atoms with Crippen molar-refractivity contribution in [1.82, 2.24) is 30.4 Å². The molecule has 3 aliphatic heterocycles. The van der Waals surface area contributed by atoms with Crippen molar-refractivity contribution in [1.29, 1.82) is 0 Å². The largest absolute Gasteiger partial charge is 1.00 e. The topological polar surface area (TPSA) is 116 Å². The molecule has 1 aromatic heterocycles. The monoisotopic (exact) mass is 362 g/mol. The number of thioether (sulfide) groups is 2. The van der Waals surface area contributed by atoms with E-state index in [0.29, 0.717) is 16.6 Å². The van der Waals surface area contributed by atoms with E-state index in [1.807, 2.05) is 6.26 Å². The molecule has 12 heteroatoms. The molecular weight excluding hydrogens is 351 g/mol. The summed E-state index contributed by atoms with van der Waals surface area (Å²) in [4.78, 5) is 26.0. The van der Waals surface area contributed by atoms with Crippen LogP contribution in [0, 0.1) is 0 Å². The Kier molecular flexibility index (Phi) is 4.78. The molecule has 1 aromatic rings. The quantitative estimate of drug-likeness (QED) is 0.318. The number of nitrogens with zero attached hydrogens (tertiary/aromatic N) is 5. The third-order valence-electron chi connectivity index (χ3n) is 4.09. The third kappa shape index (κ3) is 2.45. The van der Waals surface area contributed by atoms with E-state index in [2.05, 4.69) is 20.8 Å². The van der Waals surface area contributed by atoms with Crippen molar-refractivity contribution in [3.05, 3.63) is 10.5 Å². The number of carbonyl (C=O) groups excluding carboxylic acids is 2. The van der Waals surface area contributed by atoms with Crippen molar-refractivity contribution in [2.24, 2.45) is 0 Å². The molecule has 1 unspecified atom stereocenters. The molecule has 9 nitrogen and oxygen atoms in total. The van der Waals surface area contributed by atoms with Crippen molar-refractivity contribution in [2.75, 3.05) is 12.1 Å². The summed E-state index contributed by atoms with van der Waals surface area (Å²) in [7, 11) is 0. The first-order valence-corrected chi connectivity index (χ1v) is 8.77. The van der Waals surface area contributed by atoms with Gasteiger partial charge in [-0.25, -0.2) is 4.68 Å². The molecule has 2 fully saturated rings. The van der Waals surface area contributed by atoms with Crippen molar-refractivity contribution in [3.8, 4) is 0 Å². The predicted molar refractivity (Wildman–Crippen MR) is 75.4 cm³/mol. The molecule has 2 saturated heterocycles. The fourth-order valence-corrected chi connectivity index (χ4v) is 4.81. The molecule has 0 saturated carbocycles. The zero-order valence-corrected chi connectivity index (χ0v) is 16.1. The van der Waals surface area contributed by atoms with Gasteiger partial charge in [0.25, 0.3) is 0 Å². The molecule has 3 aliphatic rings. The van der Waals surface area contributed by atoms with Crippen molar-refractivity contribution < 1.29 is 44.3 Å². The van der Waals surface area contributed by atoms with Gasteiger partial charge in [-0.15, -0.1) is 16.9 Å². The van der Waals surface area contributed by atoms with E-state index in [1.165, 1.54) is 28.4 Å². The maximum Gasteiger partial charge on any atom is 1.00 e. The van der Waals surface area contributed by atoms with Crippen LogP contribution in [0.4, 0.5) is 0 Å². The van der Waals surface area contributed by atoms with Gasteiger partial charge < -0.3 is 14.8 Å². The molecule has 0 aliphatic carbocycles. The van der Waals surface area contributed by atoms with Gasteiger partial charge in [0.1, 0.15) is 6.04 Å². The Morgan fingerprint density at radius 1 is 1.57 bits per heavy atom. The van der Waals surface area contributed by atoms with Gasteiger partial charge in [-0.2, -0.15) is 0 Å². The summed E-state index contributed by atoms with van der Waals surface area (Å²) >= 11 is 2.91. The molecule has 0 aromatic carbocycles. The van der Waals surface area contributed by atoms with Crippen molar-refractivity contribution in [2.45, 2.75) is 29.8 Å². The number of hydrogen-bond donors (Lipinski definition) is 1. The normalized spacial score (nSPS) is 28.3. The van der Waals surface area contributed by atoms with Gasteiger partial charge in [0.05, 0.1) is 24.6 Å². The first-order valence-electron chi connectivity index (χ1n) is 6.55. The van der Waals surface area contributed by atoms with Crippen LogP contribution in [0.3, 0.4) is 0 Å². The van der Waals surface area contributed by atoms with E-state index in [1.54, 1.807) is 4.68 Å². The Bertz CT molecular complexity index is 710. The summed E-state index contributed by atoms with van der Waals surface area (Å²) in [5.74, 6) is -0.860. The van der Waals surface area contributed by atoms with Gasteiger partial charge >= 0.3 is 29.6 Å². The van der Waals surface area contributed by atoms with Gasteiger partial charge in [-0.3, -0.25) is 10.1 Å². The van der Waals surface area contributed by atoms with E-state index in [9.17, 15) is 14.7 Å². The molecular formula is C11H11N6NaO3S2. The van der Waals surface area contributed by atoms with Gasteiger partial charge in [0, 0.05) is 10.8 Å². The summed E-state index contributed by atoms with van der Waals surface area (Å²) in [5.41, 5.74) is 0.648. The van der Waals surface area contributed by atoms with Crippen LogP contribution in [-0.4, -0.2) is 67.2 Å². The maximum atomic E-state index is 12.1. The fourth-order valence-electron chi connectivity index (χ4n) is 3.18. The standard InChI is InChI=1S/C11H12N6O3S2.Na/c1-21-11-13-14-15-16(11)2-4-6(10(19)20)17-7-5(9(17)18)12-3-22-8(4)7;/h5-7,12H,2-3H2,1H3,(H,19,20);/q;+1/p-1/t5-,6?,7-;/m0./s1. The van der Waals surface area contributed by atoms with Crippen LogP contribution in [0.1, 0.15) is 0 Å². The Morgan fingerprint density at radius 3 is 3.04 bits per heavy atom. The van der Waals surface area contributed by atoms with Crippen LogP contribution in [-0.2, 0) is 16.1 Å². The van der Waals surface area contributed by atoms with Crippen molar-refractivity contribution in [3.63, 3.8) is 0 Å². The van der Waals surface area contributed by atoms with Crippen LogP contribution in [0.2, 0.25) is 0 Å². The van der Waals surface area contributed by atoms with Crippen LogP contribution < -0.4 is 40.0 Å². The SMILES string of the molecule is CSc1nnnn1CC1=C2SCN[C@@H]3C(=O)N(C1C(=O)[O-])[C@H]23.[Na+]. The zero-order valence-electron chi connectivity index (χ0n) is 12.4. The molecule has 1 amide bonds. The first kappa shape index (κ1) is 17.2. The second kappa shape index (κ2) is 6.37. The number of aliphatic carboxylic acids is 1. The van der Waals surface area contributed by atoms with Gasteiger partial charge in [0.15, 0.2) is 0 Å². The minimum Gasteiger partial charge on any atom is -0.548 e. The summed E-state index contributed by atoms with van der Waals surface area (Å²) in [6.45, 7) is 0.247. The first-order chi connectivity index (χ1) is 10.6. The minimum atomic E-state index is -1.26. The van der Waals surface area contributed by atoms with Crippen LogP contribution >= 0.6 is 23.5 Å². The third-order valence-corrected chi connectivity index (χ3v) is 5.87. The van der Waals surface area contributed by atoms with Crippen LogP contribution in [0.5, 0.6) is 0 Å². The average molecular weight is 362 g/mol. The molecule has 116 valence electrons. The summed E-state index contributed by atoms with van der Waals surface area (Å²) in [6.07, 6.45) is 1.84. The molecule has 1 N–H and O–H groups in total. The fraction of sp³-hybridized carbons (Fsp3) is 0.545. The minimum absolute atomic E-state index is 0. The molecule has 4 heterocycles. The number of tetrazole rings is 1. The molecule has 0 bridgehead atoms. The number of aromatic nitrogens is 4. The summed E-state index contributed by atoms with van der Waals surface area (Å²) in [6, 6.07) is -1.54. The van der Waals surface area contributed by atoms with E-state index in [4.69, 9.17) is 0 Å². The second-order valence-electron chi connectivity index (χ2n) is 5.10. The summed E-state index contributed by atoms with van der Waals surface area (Å²) in [5, 5.41) is 26.7. The maximum absolute atomic E-state index is 12.1. The van der Waals surface area contributed by atoms with Gasteiger partial charge in [-0.05, 0) is 22.3 Å². The Balaban J connectivity index is 0.00000156. The molecule has 0 spiro atoms. The van der Waals surface area contributed by atoms with E-state index in [-0.39, 0.29) is 54.1 Å². The number of carbonyl (C=O) groups is 2. The number of carboxylic acids is 1. The summed E-state index contributed by atoms with van der Waals surface area (Å²) < 4.78 is 1.55. The predicted octanol–water partition coefficient (Wildman–Crippen LogP) is -5.34. The van der Waals surface area contributed by atoms with E-state index >= 15 is 0 Å². The average Bonchev–Trinajstić information content (AvgIpc) is 3.08. The molecule has 4 rings (SSSR count). The second-order valence-corrected chi connectivity index (χ2v) is 6.89. The number of nitrogens with one attached hydrogen (secondary N) is 1. The van der Waals surface area contributed by atoms with Crippen LogP contribution in [0.25, 0.3) is 0 Å². The zero-order chi connectivity index (χ0) is 15.4.